The molecule has 3 aromatic rings. The molecule has 2 amide bonds. The number of piperidine rings is 1. The molecule has 47 heavy (non-hydrogen) atoms. The zero-order valence-corrected chi connectivity index (χ0v) is 27.8. The number of halogens is 3. The zero-order valence-electron chi connectivity index (χ0n) is 27.0. The third-order valence-corrected chi connectivity index (χ3v) is 8.50. The highest BCUT2D eigenvalue weighted by atomic mass is 32.2. The van der Waals surface area contributed by atoms with E-state index in [0.29, 0.717) is 30.8 Å². The number of likely N-dealkylation sites (tertiary alicyclic amines) is 1. The summed E-state index contributed by atoms with van der Waals surface area (Å²) in [5, 5.41) is 6.01. The summed E-state index contributed by atoms with van der Waals surface area (Å²) in [6.07, 6.45) is -2.37. The van der Waals surface area contributed by atoms with Gasteiger partial charge in [0.15, 0.2) is 9.84 Å². The third kappa shape index (κ3) is 9.31. The Kier molecular flexibility index (Phi) is 10.3. The summed E-state index contributed by atoms with van der Waals surface area (Å²) < 4.78 is 75.5. The first-order chi connectivity index (χ1) is 21.8. The van der Waals surface area contributed by atoms with E-state index in [4.69, 9.17) is 9.47 Å². The number of fused-ring (bicyclic) bond motifs is 1. The number of methoxy groups -OCH3 is 1. The van der Waals surface area contributed by atoms with Crippen LogP contribution in [0.2, 0.25) is 0 Å². The standard InChI is InChI=1S/C32H38F3N5O6S/c1-20-17-39(30(42)46-31(2,3)4)13-11-24(20)38-29(41)23-14-21(15-26-28(23)37-19-40(26)18-32(33,34)35)8-7-12-36-25-10-9-22(47(6,43)44)16-27(25)45-5/h9-10,14-16,19-20,24,36H,11-13,17-18H2,1-6H3,(H,38,41)/t20-,24+/m0/s1. The van der Waals surface area contributed by atoms with E-state index in [1.165, 1.54) is 31.4 Å². The van der Waals surface area contributed by atoms with Gasteiger partial charge in [0, 0.05) is 37.0 Å². The topological polar surface area (TPSA) is 132 Å². The molecule has 2 N–H and O–H groups in total. The number of hydrogen-bond donors (Lipinski definition) is 2. The Labute approximate surface area is 271 Å². The fourth-order valence-corrected chi connectivity index (χ4v) is 5.80. The van der Waals surface area contributed by atoms with Gasteiger partial charge in [-0.3, -0.25) is 4.79 Å². The van der Waals surface area contributed by atoms with Crippen LogP contribution < -0.4 is 15.4 Å². The van der Waals surface area contributed by atoms with E-state index in [1.807, 2.05) is 6.92 Å². The maximum absolute atomic E-state index is 13.6. The Morgan fingerprint density at radius 2 is 1.87 bits per heavy atom. The van der Waals surface area contributed by atoms with E-state index >= 15 is 0 Å². The molecule has 1 aliphatic heterocycles. The Morgan fingerprint density at radius 1 is 1.15 bits per heavy atom. The molecule has 11 nitrogen and oxygen atoms in total. The van der Waals surface area contributed by atoms with Crippen molar-refractivity contribution < 1.29 is 40.7 Å². The highest BCUT2D eigenvalue weighted by molar-refractivity contribution is 7.90. The lowest BCUT2D eigenvalue weighted by Gasteiger charge is -2.37. The summed E-state index contributed by atoms with van der Waals surface area (Å²) in [7, 11) is -2.05. The first-order valence-corrected chi connectivity index (χ1v) is 16.7. The number of amides is 2. The summed E-state index contributed by atoms with van der Waals surface area (Å²) in [4.78, 5) is 32.0. The molecule has 0 radical (unpaired) electrons. The number of aromatic nitrogens is 2. The maximum atomic E-state index is 13.6. The molecule has 1 saturated heterocycles. The predicted molar refractivity (Wildman–Crippen MR) is 170 cm³/mol. The van der Waals surface area contributed by atoms with Crippen LogP contribution in [-0.2, 0) is 21.1 Å². The molecule has 0 unspecified atom stereocenters. The van der Waals surface area contributed by atoms with Gasteiger partial charge in [0.1, 0.15) is 23.4 Å². The molecule has 0 spiro atoms. The predicted octanol–water partition coefficient (Wildman–Crippen LogP) is 4.85. The van der Waals surface area contributed by atoms with Crippen LogP contribution in [0.3, 0.4) is 0 Å². The van der Waals surface area contributed by atoms with E-state index in [0.717, 1.165) is 17.2 Å². The number of anilines is 1. The van der Waals surface area contributed by atoms with E-state index in [2.05, 4.69) is 27.5 Å². The van der Waals surface area contributed by atoms with Crippen LogP contribution in [0, 0.1) is 17.8 Å². The van der Waals surface area contributed by atoms with Gasteiger partial charge in [0.2, 0.25) is 0 Å². The van der Waals surface area contributed by atoms with Gasteiger partial charge >= 0.3 is 12.3 Å². The van der Waals surface area contributed by atoms with Gasteiger partial charge in [-0.15, -0.1) is 0 Å². The number of carbonyl (C=O) groups excluding carboxylic acids is 2. The summed E-state index contributed by atoms with van der Waals surface area (Å²) in [6.45, 7) is 6.74. The van der Waals surface area contributed by atoms with Crippen LogP contribution in [0.25, 0.3) is 11.0 Å². The number of alkyl halides is 3. The summed E-state index contributed by atoms with van der Waals surface area (Å²) in [5.74, 6) is 5.42. The third-order valence-electron chi connectivity index (χ3n) is 7.39. The SMILES string of the molecule is COc1cc(S(C)(=O)=O)ccc1NCC#Cc1cc(C(=O)N[C@@H]2CCN(C(=O)OC(C)(C)C)C[C@@H]2C)c2ncn(CC(F)(F)F)c2c1. The van der Waals surface area contributed by atoms with Crippen molar-refractivity contribution in [3.63, 3.8) is 0 Å². The van der Waals surface area contributed by atoms with Gasteiger partial charge in [-0.25, -0.2) is 18.2 Å². The molecule has 15 heteroatoms. The summed E-state index contributed by atoms with van der Waals surface area (Å²) in [6, 6.07) is 6.97. The molecule has 4 rings (SSSR count). The molecule has 0 bridgehead atoms. The lowest BCUT2D eigenvalue weighted by Crippen LogP contribution is -2.52. The molecule has 1 aliphatic rings. The first kappa shape index (κ1) is 35.4. The lowest BCUT2D eigenvalue weighted by molar-refractivity contribution is -0.140. The fourth-order valence-electron chi connectivity index (χ4n) is 5.16. The van der Waals surface area contributed by atoms with E-state index < -0.39 is 40.2 Å². The Bertz CT molecular complexity index is 1820. The van der Waals surface area contributed by atoms with Crippen LogP contribution in [0.4, 0.5) is 23.7 Å². The molecule has 2 heterocycles. The maximum Gasteiger partial charge on any atom is 0.410 e. The number of benzene rings is 2. The average molecular weight is 678 g/mol. The van der Waals surface area contributed by atoms with Gasteiger partial charge in [-0.2, -0.15) is 13.2 Å². The highest BCUT2D eigenvalue weighted by Gasteiger charge is 2.33. The van der Waals surface area contributed by atoms with Gasteiger partial charge in [-0.05, 0) is 57.4 Å². The second kappa shape index (κ2) is 13.7. The van der Waals surface area contributed by atoms with Gasteiger partial charge < -0.3 is 29.6 Å². The van der Waals surface area contributed by atoms with E-state index in [-0.39, 0.29) is 45.7 Å². The van der Waals surface area contributed by atoms with Crippen LogP contribution in [0.15, 0.2) is 41.6 Å². The van der Waals surface area contributed by atoms with Crippen molar-refractivity contribution >= 4 is 38.6 Å². The lowest BCUT2D eigenvalue weighted by atomic mass is 9.93. The van der Waals surface area contributed by atoms with Crippen molar-refractivity contribution in [3.8, 4) is 17.6 Å². The Hall–Kier alpha value is -4.45. The number of nitrogens with zero attached hydrogens (tertiary/aromatic N) is 3. The second-order valence-electron chi connectivity index (χ2n) is 12.4. The molecule has 1 fully saturated rings. The molecular formula is C32H38F3N5O6S. The first-order valence-electron chi connectivity index (χ1n) is 14.8. The van der Waals surface area contributed by atoms with Crippen LogP contribution in [-0.4, -0.2) is 85.7 Å². The molecule has 2 aromatic carbocycles. The van der Waals surface area contributed by atoms with Gasteiger partial charge in [-0.1, -0.05) is 18.8 Å². The molecule has 2 atom stereocenters. The van der Waals surface area contributed by atoms with Gasteiger partial charge in [0.05, 0.1) is 41.6 Å². The Balaban J connectivity index is 1.56. The number of sulfone groups is 1. The molecule has 1 aromatic heterocycles. The van der Waals surface area contributed by atoms with Crippen molar-refractivity contribution in [2.24, 2.45) is 5.92 Å². The largest absolute Gasteiger partial charge is 0.495 e. The summed E-state index contributed by atoms with van der Waals surface area (Å²) >= 11 is 0. The van der Waals surface area contributed by atoms with Gasteiger partial charge in [0.25, 0.3) is 5.91 Å². The number of imidazole rings is 1. The van der Waals surface area contributed by atoms with Crippen LogP contribution in [0.5, 0.6) is 5.75 Å². The quantitative estimate of drug-likeness (QED) is 0.340. The smallest absolute Gasteiger partial charge is 0.410 e. The second-order valence-corrected chi connectivity index (χ2v) is 14.5. The number of hydrogen-bond acceptors (Lipinski definition) is 8. The van der Waals surface area contributed by atoms with Crippen LogP contribution in [0.1, 0.15) is 50.0 Å². The highest BCUT2D eigenvalue weighted by Crippen LogP contribution is 2.28. The van der Waals surface area contributed by atoms with Crippen LogP contribution >= 0.6 is 0 Å². The van der Waals surface area contributed by atoms with Crippen molar-refractivity contribution in [2.75, 3.05) is 38.3 Å². The van der Waals surface area contributed by atoms with E-state index in [9.17, 15) is 31.2 Å². The molecule has 254 valence electrons. The Morgan fingerprint density at radius 3 is 2.49 bits per heavy atom. The number of ether oxygens (including phenoxy) is 2. The number of carbonyl (C=O) groups is 2. The normalized spacial score (nSPS) is 17.1. The molecular weight excluding hydrogens is 639 g/mol. The minimum atomic E-state index is -4.52. The average Bonchev–Trinajstić information content (AvgIpc) is 3.35. The minimum Gasteiger partial charge on any atom is -0.495 e. The van der Waals surface area contributed by atoms with E-state index in [1.54, 1.807) is 31.7 Å². The summed E-state index contributed by atoms with van der Waals surface area (Å²) in [5.41, 5.74) is 0.401. The van der Waals surface area contributed by atoms with Crippen molar-refractivity contribution in [3.05, 3.63) is 47.8 Å². The van der Waals surface area contributed by atoms with Crippen molar-refractivity contribution in [1.29, 1.82) is 0 Å². The molecule has 0 aliphatic carbocycles. The minimum absolute atomic E-state index is 0.0699. The zero-order chi connectivity index (χ0) is 34.7. The number of rotatable bonds is 7. The van der Waals surface area contributed by atoms with Crippen molar-refractivity contribution in [1.82, 2.24) is 19.8 Å². The molecule has 0 saturated carbocycles. The number of nitrogens with one attached hydrogen (secondary N) is 2. The fraction of sp³-hybridized carbons (Fsp3) is 0.469. The monoisotopic (exact) mass is 677 g/mol. The van der Waals surface area contributed by atoms with Crippen molar-refractivity contribution in [2.45, 2.75) is 63.4 Å².